The second-order valence-corrected chi connectivity index (χ2v) is 27.2. The number of hydrogen-bond donors (Lipinski definition) is 1. The third-order valence-electron chi connectivity index (χ3n) is 24.2. The smallest absolute Gasteiger partial charge is 0.317 e. The largest absolute Gasteiger partial charge is 0.471 e. The fraction of sp³-hybridized carbons (Fsp3) is 0.700. The zero-order chi connectivity index (χ0) is 49.9. The third-order valence-corrected chi connectivity index (χ3v) is 24.2. The van der Waals surface area contributed by atoms with Crippen molar-refractivity contribution in [3.63, 3.8) is 0 Å². The minimum Gasteiger partial charge on any atom is -0.471 e. The van der Waals surface area contributed by atoms with Crippen molar-refractivity contribution in [2.75, 3.05) is 14.2 Å². The van der Waals surface area contributed by atoms with Gasteiger partial charge >= 0.3 is 17.7 Å². The third kappa shape index (κ3) is 5.38. The highest BCUT2D eigenvalue weighted by Gasteiger charge is 2.72. The molecule has 11 rings (SSSR count). The van der Waals surface area contributed by atoms with Crippen LogP contribution in [0.3, 0.4) is 0 Å². The van der Waals surface area contributed by atoms with Crippen LogP contribution < -0.4 is 9.47 Å². The van der Waals surface area contributed by atoms with Gasteiger partial charge in [0.15, 0.2) is 17.3 Å². The molecular weight excluding hydrogens is 865 g/mol. The molecule has 0 bridgehead atoms. The van der Waals surface area contributed by atoms with Crippen LogP contribution in [0.2, 0.25) is 0 Å². The molecular formula is C60H78O9. The maximum Gasteiger partial charge on any atom is 0.317 e. The Balaban J connectivity index is 0.979. The van der Waals surface area contributed by atoms with Crippen molar-refractivity contribution in [1.29, 1.82) is 0 Å². The van der Waals surface area contributed by atoms with Crippen LogP contribution in [-0.4, -0.2) is 54.2 Å². The molecule has 9 aliphatic carbocycles. The van der Waals surface area contributed by atoms with Gasteiger partial charge in [0.05, 0.1) is 25.0 Å². The summed E-state index contributed by atoms with van der Waals surface area (Å²) in [7, 11) is 3.02. The maximum absolute atomic E-state index is 14.9. The molecule has 9 nitrogen and oxygen atoms in total. The van der Waals surface area contributed by atoms with Crippen LogP contribution in [0.4, 0.5) is 0 Å². The van der Waals surface area contributed by atoms with Gasteiger partial charge in [0.1, 0.15) is 0 Å². The monoisotopic (exact) mass is 943 g/mol. The number of ether oxygens (including phenoxy) is 4. The lowest BCUT2D eigenvalue weighted by atomic mass is 9.34. The van der Waals surface area contributed by atoms with E-state index in [1.807, 2.05) is 19.1 Å². The number of benzene rings is 1. The van der Waals surface area contributed by atoms with Gasteiger partial charge in [-0.25, -0.2) is 0 Å². The van der Waals surface area contributed by atoms with E-state index in [9.17, 15) is 24.3 Å². The lowest BCUT2D eigenvalue weighted by Gasteiger charge is -2.70. The fourth-order valence-corrected chi connectivity index (χ4v) is 18.9. The van der Waals surface area contributed by atoms with Crippen LogP contribution in [0.25, 0.3) is 0 Å². The van der Waals surface area contributed by atoms with Crippen LogP contribution in [0, 0.1) is 67.5 Å². The van der Waals surface area contributed by atoms with Crippen molar-refractivity contribution >= 4 is 23.5 Å². The van der Waals surface area contributed by atoms with Gasteiger partial charge in [0.25, 0.3) is 0 Å². The number of allylic oxidation sites excluding steroid dienone is 5. The molecule has 0 amide bonds. The highest BCUT2D eigenvalue weighted by molar-refractivity contribution is 6.10. The molecule has 372 valence electrons. The van der Waals surface area contributed by atoms with Crippen LogP contribution in [0.5, 0.6) is 11.5 Å². The lowest BCUT2D eigenvalue weighted by Crippen LogP contribution is -2.70. The van der Waals surface area contributed by atoms with Gasteiger partial charge in [0.2, 0.25) is 11.4 Å². The molecule has 14 atom stereocenters. The normalized spacial score (nSPS) is 48.9. The van der Waals surface area contributed by atoms with Crippen molar-refractivity contribution in [3.05, 3.63) is 69.4 Å². The summed E-state index contributed by atoms with van der Waals surface area (Å²) in [6, 6.07) is 2.01. The van der Waals surface area contributed by atoms with Crippen molar-refractivity contribution in [2.24, 2.45) is 60.6 Å². The number of rotatable bonds is 2. The Morgan fingerprint density at radius 3 is 1.65 bits per heavy atom. The van der Waals surface area contributed by atoms with E-state index >= 15 is 0 Å². The summed E-state index contributed by atoms with van der Waals surface area (Å²) < 4.78 is 24.7. The lowest BCUT2D eigenvalue weighted by molar-refractivity contribution is -0.231. The molecule has 0 aromatic heterocycles. The molecule has 6 fully saturated rings. The highest BCUT2D eigenvalue weighted by atomic mass is 16.7. The van der Waals surface area contributed by atoms with Gasteiger partial charge in [-0.15, -0.1) is 0 Å². The molecule has 1 aromatic rings. The Hall–Kier alpha value is -3.98. The fourth-order valence-electron chi connectivity index (χ4n) is 18.9. The van der Waals surface area contributed by atoms with Crippen LogP contribution in [-0.2, 0) is 29.3 Å². The number of methoxy groups -OCH3 is 2. The van der Waals surface area contributed by atoms with Gasteiger partial charge < -0.3 is 24.1 Å². The van der Waals surface area contributed by atoms with Crippen molar-refractivity contribution < 1.29 is 43.2 Å². The Kier molecular flexibility index (Phi) is 9.43. The highest BCUT2D eigenvalue weighted by Crippen LogP contribution is 2.78. The minimum absolute atomic E-state index is 0.0847. The average molecular weight is 943 g/mol. The molecule has 10 aliphatic rings. The number of ketones is 2. The number of hydrogen-bond acceptors (Lipinski definition) is 9. The SMILES string of the molecule is COC(=O)[C@]1(C)CC[C@]2(C)CC[C@]3(C)C4=CC(=O)c5c(cc6c(c5C)O[C@]5(O)C(=O)C=C7C(=CC=C8[C@@]7(C)CC[C@@]7(C)[C@@H]9C[C@](C)(C(=O)OC)CC[C@]9(C)CC[C@]87C)[C@]5(C)O6)[C@]4(C)CC[C@@]3(C)C2C1. The van der Waals surface area contributed by atoms with Gasteiger partial charge in [-0.1, -0.05) is 73.1 Å². The number of esters is 2. The van der Waals surface area contributed by atoms with E-state index in [1.165, 1.54) is 19.8 Å². The quantitative estimate of drug-likeness (QED) is 0.289. The van der Waals surface area contributed by atoms with E-state index in [4.69, 9.17) is 18.9 Å². The summed E-state index contributed by atoms with van der Waals surface area (Å²) in [6.07, 6.45) is 20.6. The van der Waals surface area contributed by atoms with E-state index < -0.39 is 38.8 Å². The van der Waals surface area contributed by atoms with Crippen molar-refractivity contribution in [2.45, 2.75) is 190 Å². The number of fused-ring (bicyclic) bond motifs is 17. The topological polar surface area (TPSA) is 125 Å². The zero-order valence-electron chi connectivity index (χ0n) is 44.2. The average Bonchev–Trinajstić information content (AvgIpc) is 3.30. The molecule has 0 saturated heterocycles. The molecule has 69 heavy (non-hydrogen) atoms. The number of aliphatic hydroxyl groups is 1. The minimum atomic E-state index is -2.38. The molecule has 0 radical (unpaired) electrons. The van der Waals surface area contributed by atoms with Crippen LogP contribution in [0.1, 0.15) is 188 Å². The first-order valence-electron chi connectivity index (χ1n) is 26.4. The second kappa shape index (κ2) is 13.7. The van der Waals surface area contributed by atoms with Crippen molar-refractivity contribution in [3.8, 4) is 11.5 Å². The summed E-state index contributed by atoms with van der Waals surface area (Å²) in [5.74, 6) is -2.04. The van der Waals surface area contributed by atoms with Crippen LogP contribution in [0.15, 0.2) is 52.7 Å². The van der Waals surface area contributed by atoms with Gasteiger partial charge in [0, 0.05) is 27.5 Å². The van der Waals surface area contributed by atoms with E-state index in [1.54, 1.807) is 13.0 Å². The molecule has 1 N–H and O–H groups in total. The first kappa shape index (κ1) is 47.4. The standard InChI is InChI=1S/C60H78O9/c1-34-45-37(54(7)24-28-58(11)43-33-52(5,48(64)67-14)20-18-50(43,3)22-26-56(58,9)41(54)31-38(45)61)29-39-46(34)69-60(65)44(62)30-36-35(59(60,12)68-39)15-16-40-53(36,6)23-27-57(10)42-32-51(4,47(63)66-13)19-17-49(42,2)21-25-55(40,57)8/h15-16,29-31,42-43,65H,17-28,32-33H2,1-14H3/t42-,43?,49-,50-,51-,52-,53+,54+,55-,56-,57+,58+,59+,60-/m1/s1. The molecule has 1 aliphatic heterocycles. The van der Waals surface area contributed by atoms with Crippen LogP contribution >= 0.6 is 0 Å². The van der Waals surface area contributed by atoms with E-state index in [2.05, 4.69) is 81.4 Å². The first-order chi connectivity index (χ1) is 32.0. The summed E-state index contributed by atoms with van der Waals surface area (Å²) in [5, 5.41) is 12.8. The Morgan fingerprint density at radius 1 is 0.609 bits per heavy atom. The van der Waals surface area contributed by atoms with E-state index in [0.29, 0.717) is 22.8 Å². The second-order valence-electron chi connectivity index (χ2n) is 27.2. The molecule has 9 heteroatoms. The molecule has 1 aromatic carbocycles. The Labute approximate surface area is 410 Å². The summed E-state index contributed by atoms with van der Waals surface area (Å²) in [4.78, 5) is 56.4. The molecule has 0 spiro atoms. The zero-order valence-corrected chi connectivity index (χ0v) is 44.2. The van der Waals surface area contributed by atoms with Gasteiger partial charge in [-0.2, -0.15) is 0 Å². The first-order valence-corrected chi connectivity index (χ1v) is 26.4. The molecule has 1 heterocycles. The predicted octanol–water partition coefficient (Wildman–Crippen LogP) is 12.1. The summed E-state index contributed by atoms with van der Waals surface area (Å²) in [6.45, 7) is 27.0. The number of carbonyl (C=O) groups is 4. The summed E-state index contributed by atoms with van der Waals surface area (Å²) in [5.41, 5.74) is 1.80. The van der Waals surface area contributed by atoms with E-state index in [-0.39, 0.29) is 61.9 Å². The van der Waals surface area contributed by atoms with Gasteiger partial charge in [-0.3, -0.25) is 19.2 Å². The molecule has 6 saturated carbocycles. The predicted molar refractivity (Wildman–Crippen MR) is 263 cm³/mol. The van der Waals surface area contributed by atoms with Gasteiger partial charge in [-0.05, 0) is 197 Å². The van der Waals surface area contributed by atoms with E-state index in [0.717, 1.165) is 112 Å². The Bertz CT molecular complexity index is 2720. The van der Waals surface area contributed by atoms with Crippen molar-refractivity contribution in [1.82, 2.24) is 0 Å². The maximum atomic E-state index is 14.9. The Morgan fingerprint density at radius 2 is 1.12 bits per heavy atom. The summed E-state index contributed by atoms with van der Waals surface area (Å²) >= 11 is 0. The number of carbonyl (C=O) groups excluding carboxylic acids is 4. The molecule has 1 unspecified atom stereocenters.